The molecule has 3 aromatic rings. The second kappa shape index (κ2) is 11.3. The van der Waals surface area contributed by atoms with Crippen LogP contribution in [0.4, 0.5) is 5.69 Å². The molecule has 0 fully saturated rings. The van der Waals surface area contributed by atoms with Gasteiger partial charge >= 0.3 is 0 Å². The number of rotatable bonds is 9. The molecule has 0 unspecified atom stereocenters. The van der Waals surface area contributed by atoms with E-state index in [4.69, 9.17) is 27.9 Å². The predicted molar refractivity (Wildman–Crippen MR) is 128 cm³/mol. The summed E-state index contributed by atoms with van der Waals surface area (Å²) in [6, 6.07) is 13.2. The monoisotopic (exact) mass is 522 g/mol. The number of sulfone groups is 1. The number of hydrogen-bond donors (Lipinski definition) is 2. The Morgan fingerprint density at radius 3 is 2.41 bits per heavy atom. The lowest BCUT2D eigenvalue weighted by molar-refractivity contribution is -0.116. The Kier molecular flexibility index (Phi) is 8.43. The van der Waals surface area contributed by atoms with Gasteiger partial charge in [-0.15, -0.1) is 0 Å². The van der Waals surface area contributed by atoms with Crippen LogP contribution < -0.4 is 15.4 Å². The number of halogens is 2. The van der Waals surface area contributed by atoms with E-state index in [0.29, 0.717) is 17.0 Å². The van der Waals surface area contributed by atoms with Gasteiger partial charge in [0.15, 0.2) is 5.69 Å². The van der Waals surface area contributed by atoms with Crippen molar-refractivity contribution in [2.75, 3.05) is 19.0 Å². The summed E-state index contributed by atoms with van der Waals surface area (Å²) in [5.74, 6) is -0.859. The molecule has 2 aromatic carbocycles. The molecular weight excluding hydrogens is 503 g/mol. The molecule has 0 bridgehead atoms. The van der Waals surface area contributed by atoms with E-state index in [9.17, 15) is 18.0 Å². The third kappa shape index (κ3) is 6.66. The van der Waals surface area contributed by atoms with E-state index >= 15 is 0 Å². The van der Waals surface area contributed by atoms with E-state index in [1.54, 1.807) is 48.5 Å². The molecule has 2 N–H and O–H groups in total. The fourth-order valence-corrected chi connectivity index (χ4v) is 4.51. The maximum absolute atomic E-state index is 12.7. The van der Waals surface area contributed by atoms with E-state index in [1.807, 2.05) is 0 Å². The van der Waals surface area contributed by atoms with Gasteiger partial charge in [0.25, 0.3) is 5.91 Å². The van der Waals surface area contributed by atoms with Crippen LogP contribution in [-0.4, -0.2) is 43.9 Å². The number of carbonyl (C=O) groups is 2. The number of nitrogens with zero attached hydrogens (tertiary/aromatic N) is 2. The number of nitrogens with one attached hydrogen (secondary N) is 2. The summed E-state index contributed by atoms with van der Waals surface area (Å²) in [7, 11) is -2.46. The lowest BCUT2D eigenvalue weighted by Crippen LogP contribution is -2.29. The Balaban J connectivity index is 1.61. The lowest BCUT2D eigenvalue weighted by atomic mass is 10.2. The van der Waals surface area contributed by atoms with Gasteiger partial charge in [-0.25, -0.2) is 18.4 Å². The maximum Gasteiger partial charge on any atom is 0.271 e. The Labute approximate surface area is 206 Å². The topological polar surface area (TPSA) is 127 Å². The van der Waals surface area contributed by atoms with Crippen LogP contribution >= 0.6 is 23.2 Å². The lowest BCUT2D eigenvalue weighted by Gasteiger charge is -2.09. The van der Waals surface area contributed by atoms with Crippen molar-refractivity contribution in [1.82, 2.24) is 15.3 Å². The SMILES string of the molecule is COc1ccc(NC(=O)CCNC(=O)c2nc(S(=O)(=O)Cc3ccccc3Cl)ncc2Cl)cc1. The zero-order valence-corrected chi connectivity index (χ0v) is 20.2. The van der Waals surface area contributed by atoms with E-state index < -0.39 is 26.7 Å². The molecule has 12 heteroatoms. The van der Waals surface area contributed by atoms with Crippen LogP contribution in [0.15, 0.2) is 59.9 Å². The standard InChI is InChI=1S/C22H20Cl2N4O5S/c1-33-16-8-6-15(7-9-16)27-19(29)10-11-25-21(30)20-18(24)12-26-22(28-20)34(31,32)13-14-4-2-3-5-17(14)23/h2-9,12H,10-11,13H2,1H3,(H,25,30)(H,27,29). The quantitative estimate of drug-likeness (QED) is 0.411. The van der Waals surface area contributed by atoms with Gasteiger partial charge in [-0.1, -0.05) is 41.4 Å². The number of hydrogen-bond acceptors (Lipinski definition) is 7. The van der Waals surface area contributed by atoms with Gasteiger partial charge in [0.1, 0.15) is 5.75 Å². The van der Waals surface area contributed by atoms with Crippen molar-refractivity contribution < 1.29 is 22.7 Å². The molecule has 1 heterocycles. The fraction of sp³-hybridized carbons (Fsp3) is 0.182. The average Bonchev–Trinajstić information content (AvgIpc) is 2.81. The Morgan fingerprint density at radius 2 is 1.74 bits per heavy atom. The maximum atomic E-state index is 12.7. The molecule has 0 saturated heterocycles. The van der Waals surface area contributed by atoms with Gasteiger partial charge in [0.2, 0.25) is 20.9 Å². The minimum atomic E-state index is -4.00. The Hall–Kier alpha value is -3.21. The molecule has 0 atom stereocenters. The van der Waals surface area contributed by atoms with Gasteiger partial charge < -0.3 is 15.4 Å². The number of carbonyl (C=O) groups excluding carboxylic acids is 2. The highest BCUT2D eigenvalue weighted by atomic mass is 35.5. The minimum absolute atomic E-state index is 0.0249. The highest BCUT2D eigenvalue weighted by molar-refractivity contribution is 7.90. The summed E-state index contributed by atoms with van der Waals surface area (Å²) in [6.07, 6.45) is 1.01. The number of aromatic nitrogens is 2. The van der Waals surface area contributed by atoms with Crippen molar-refractivity contribution in [1.29, 1.82) is 0 Å². The molecule has 0 radical (unpaired) electrons. The van der Waals surface area contributed by atoms with Crippen LogP contribution in [0.25, 0.3) is 0 Å². The third-order valence-electron chi connectivity index (χ3n) is 4.53. The number of methoxy groups -OCH3 is 1. The first kappa shape index (κ1) is 25.4. The van der Waals surface area contributed by atoms with Crippen LogP contribution in [-0.2, 0) is 20.4 Å². The summed E-state index contributed by atoms with van der Waals surface area (Å²) in [5, 5.41) is 4.79. The van der Waals surface area contributed by atoms with Crippen molar-refractivity contribution in [3.8, 4) is 5.75 Å². The smallest absolute Gasteiger partial charge is 0.271 e. The summed E-state index contributed by atoms with van der Waals surface area (Å²) < 4.78 is 30.5. The highest BCUT2D eigenvalue weighted by Gasteiger charge is 2.24. The molecule has 0 aliphatic heterocycles. The van der Waals surface area contributed by atoms with Crippen LogP contribution in [0.1, 0.15) is 22.5 Å². The number of anilines is 1. The fourth-order valence-electron chi connectivity index (χ4n) is 2.82. The summed E-state index contributed by atoms with van der Waals surface area (Å²) >= 11 is 12.1. The largest absolute Gasteiger partial charge is 0.497 e. The van der Waals surface area contributed by atoms with Crippen LogP contribution in [0.2, 0.25) is 10.0 Å². The first-order valence-electron chi connectivity index (χ1n) is 9.90. The zero-order chi connectivity index (χ0) is 24.7. The molecule has 0 aliphatic rings. The molecule has 2 amide bonds. The van der Waals surface area contributed by atoms with Gasteiger partial charge in [0, 0.05) is 23.7 Å². The molecule has 178 valence electrons. The molecule has 3 rings (SSSR count). The molecular formula is C22H20Cl2N4O5S. The molecule has 1 aromatic heterocycles. The first-order chi connectivity index (χ1) is 16.2. The van der Waals surface area contributed by atoms with Crippen LogP contribution in [0.3, 0.4) is 0 Å². The van der Waals surface area contributed by atoms with E-state index in [-0.39, 0.29) is 34.6 Å². The summed E-state index contributed by atoms with van der Waals surface area (Å²) in [4.78, 5) is 32.2. The van der Waals surface area contributed by atoms with Gasteiger partial charge in [-0.05, 0) is 35.9 Å². The van der Waals surface area contributed by atoms with Crippen molar-refractivity contribution in [2.45, 2.75) is 17.3 Å². The molecule has 0 aliphatic carbocycles. The number of benzene rings is 2. The zero-order valence-electron chi connectivity index (χ0n) is 17.9. The summed E-state index contributed by atoms with van der Waals surface area (Å²) in [5.41, 5.74) is 0.630. The van der Waals surface area contributed by atoms with Crippen molar-refractivity contribution in [3.63, 3.8) is 0 Å². The van der Waals surface area contributed by atoms with Gasteiger partial charge in [0.05, 0.1) is 24.1 Å². The predicted octanol–water partition coefficient (Wildman–Crippen LogP) is 3.52. The Bertz CT molecular complexity index is 1300. The summed E-state index contributed by atoms with van der Waals surface area (Å²) in [6.45, 7) is -0.0249. The van der Waals surface area contributed by atoms with Crippen molar-refractivity contribution in [2.24, 2.45) is 0 Å². The third-order valence-corrected chi connectivity index (χ3v) is 6.62. The van der Waals surface area contributed by atoms with E-state index in [0.717, 1.165) is 6.20 Å². The van der Waals surface area contributed by atoms with Gasteiger partial charge in [-0.3, -0.25) is 9.59 Å². The normalized spacial score (nSPS) is 11.0. The van der Waals surface area contributed by atoms with Crippen LogP contribution in [0.5, 0.6) is 5.75 Å². The molecule has 34 heavy (non-hydrogen) atoms. The molecule has 0 saturated carbocycles. The minimum Gasteiger partial charge on any atom is -0.497 e. The average molecular weight is 523 g/mol. The number of amides is 2. The Morgan fingerprint density at radius 1 is 1.03 bits per heavy atom. The second-order valence-corrected chi connectivity index (χ2v) is 9.68. The van der Waals surface area contributed by atoms with E-state index in [1.165, 1.54) is 7.11 Å². The number of ether oxygens (including phenoxy) is 1. The first-order valence-corrected chi connectivity index (χ1v) is 12.3. The second-order valence-electron chi connectivity index (χ2n) is 6.98. The van der Waals surface area contributed by atoms with Crippen molar-refractivity contribution in [3.05, 3.63) is 76.0 Å². The van der Waals surface area contributed by atoms with Crippen LogP contribution in [0, 0.1) is 0 Å². The van der Waals surface area contributed by atoms with E-state index in [2.05, 4.69) is 20.6 Å². The van der Waals surface area contributed by atoms with Gasteiger partial charge in [-0.2, -0.15) is 0 Å². The van der Waals surface area contributed by atoms with Crippen molar-refractivity contribution >= 4 is 50.5 Å². The molecule has 9 nitrogen and oxygen atoms in total. The molecule has 0 spiro atoms. The highest BCUT2D eigenvalue weighted by Crippen LogP contribution is 2.22.